The molecule has 2 aromatic rings. The van der Waals surface area contributed by atoms with Crippen molar-refractivity contribution in [2.45, 2.75) is 4.90 Å². The highest BCUT2D eigenvalue weighted by Crippen LogP contribution is 2.25. The summed E-state index contributed by atoms with van der Waals surface area (Å²) in [6.45, 7) is 0. The number of rotatable bonds is 3. The molecule has 0 bridgehead atoms. The molecule has 82 valence electrons. The number of hydrogen-bond acceptors (Lipinski definition) is 3. The Kier molecular flexibility index (Phi) is 3.70. The van der Waals surface area contributed by atoms with Crippen molar-refractivity contribution in [3.05, 3.63) is 47.7 Å². The van der Waals surface area contributed by atoms with Crippen LogP contribution in [0.2, 0.25) is 5.15 Å². The first-order valence-corrected chi connectivity index (χ1v) is 6.31. The van der Waals surface area contributed by atoms with E-state index in [9.17, 15) is 0 Å². The molecule has 0 radical (unpaired) electrons. The summed E-state index contributed by atoms with van der Waals surface area (Å²) in [5, 5.41) is 0.429. The van der Waals surface area contributed by atoms with Crippen molar-refractivity contribution in [2.75, 3.05) is 6.26 Å². The van der Waals surface area contributed by atoms with Gasteiger partial charge in [-0.05, 0) is 36.6 Å². The molecule has 1 aromatic heterocycles. The molecule has 4 heteroatoms. The monoisotopic (exact) mass is 251 g/mol. The summed E-state index contributed by atoms with van der Waals surface area (Å²) in [4.78, 5) is 5.10. The van der Waals surface area contributed by atoms with Crippen molar-refractivity contribution in [1.82, 2.24) is 4.98 Å². The fourth-order valence-electron chi connectivity index (χ4n) is 1.23. The normalized spacial score (nSPS) is 10.1. The van der Waals surface area contributed by atoms with Gasteiger partial charge in [0.25, 0.3) is 0 Å². The fraction of sp³-hybridized carbons (Fsp3) is 0.0833. The average molecular weight is 252 g/mol. The Morgan fingerprint density at radius 2 is 1.88 bits per heavy atom. The van der Waals surface area contributed by atoms with Gasteiger partial charge in [0.15, 0.2) is 0 Å². The van der Waals surface area contributed by atoms with Crippen LogP contribution in [0.15, 0.2) is 47.5 Å². The van der Waals surface area contributed by atoms with Crippen molar-refractivity contribution in [2.24, 2.45) is 0 Å². The number of hydrogen-bond donors (Lipinski definition) is 0. The Bertz CT molecular complexity index is 473. The van der Waals surface area contributed by atoms with Crippen LogP contribution >= 0.6 is 23.4 Å². The lowest BCUT2D eigenvalue weighted by Gasteiger charge is -2.05. The minimum absolute atomic E-state index is 0.429. The van der Waals surface area contributed by atoms with E-state index in [1.807, 2.05) is 30.5 Å². The van der Waals surface area contributed by atoms with E-state index in [0.717, 1.165) is 5.75 Å². The molecule has 1 heterocycles. The Morgan fingerprint density at radius 3 is 2.50 bits per heavy atom. The Hall–Kier alpha value is -1.19. The number of halogens is 1. The van der Waals surface area contributed by atoms with Crippen molar-refractivity contribution in [3.8, 4) is 11.5 Å². The molecule has 0 aliphatic heterocycles. The van der Waals surface area contributed by atoms with Gasteiger partial charge >= 0.3 is 0 Å². The molecule has 0 saturated carbocycles. The van der Waals surface area contributed by atoms with Gasteiger partial charge in [-0.1, -0.05) is 11.6 Å². The standard InChI is InChI=1S/C12H10ClNOS/c1-16-11-4-2-9(3-5-11)15-10-6-7-14-12(13)8-10/h2-8H,1H3. The van der Waals surface area contributed by atoms with Gasteiger partial charge in [-0.3, -0.25) is 0 Å². The van der Waals surface area contributed by atoms with Crippen LogP contribution in [0.5, 0.6) is 11.5 Å². The predicted octanol–water partition coefficient (Wildman–Crippen LogP) is 4.25. The molecule has 0 atom stereocenters. The highest BCUT2D eigenvalue weighted by atomic mass is 35.5. The Balaban J connectivity index is 2.14. The maximum absolute atomic E-state index is 5.76. The lowest BCUT2D eigenvalue weighted by molar-refractivity contribution is 0.481. The predicted molar refractivity (Wildman–Crippen MR) is 67.5 cm³/mol. The highest BCUT2D eigenvalue weighted by molar-refractivity contribution is 7.98. The first-order valence-electron chi connectivity index (χ1n) is 4.71. The number of thioether (sulfide) groups is 1. The van der Waals surface area contributed by atoms with Gasteiger partial charge < -0.3 is 4.74 Å². The molecule has 2 rings (SSSR count). The summed E-state index contributed by atoms with van der Waals surface area (Å²) in [5.41, 5.74) is 0. The van der Waals surface area contributed by atoms with Crippen molar-refractivity contribution < 1.29 is 4.74 Å². The van der Waals surface area contributed by atoms with E-state index in [1.165, 1.54) is 4.90 Å². The zero-order chi connectivity index (χ0) is 11.4. The molecule has 0 N–H and O–H groups in total. The zero-order valence-corrected chi connectivity index (χ0v) is 10.3. The average Bonchev–Trinajstić information content (AvgIpc) is 2.30. The quantitative estimate of drug-likeness (QED) is 0.601. The molecule has 0 amide bonds. The maximum Gasteiger partial charge on any atom is 0.132 e. The second kappa shape index (κ2) is 5.23. The first-order chi connectivity index (χ1) is 7.78. The van der Waals surface area contributed by atoms with Crippen LogP contribution in [0.4, 0.5) is 0 Å². The number of benzene rings is 1. The summed E-state index contributed by atoms with van der Waals surface area (Å²) in [6.07, 6.45) is 3.66. The molecule has 0 aliphatic rings. The van der Waals surface area contributed by atoms with E-state index in [-0.39, 0.29) is 0 Å². The molecule has 0 aliphatic carbocycles. The Morgan fingerprint density at radius 1 is 1.12 bits per heavy atom. The molecule has 0 saturated heterocycles. The van der Waals surface area contributed by atoms with Gasteiger partial charge in [0.2, 0.25) is 0 Å². The summed E-state index contributed by atoms with van der Waals surface area (Å²) < 4.78 is 5.62. The van der Waals surface area contributed by atoms with E-state index >= 15 is 0 Å². The molecule has 1 aromatic carbocycles. The SMILES string of the molecule is CSc1ccc(Oc2ccnc(Cl)c2)cc1. The summed E-state index contributed by atoms with van der Waals surface area (Å²) in [5.74, 6) is 1.48. The molecule has 0 unspecified atom stereocenters. The van der Waals surface area contributed by atoms with Crippen LogP contribution in [0.3, 0.4) is 0 Å². The van der Waals surface area contributed by atoms with E-state index in [4.69, 9.17) is 16.3 Å². The smallest absolute Gasteiger partial charge is 0.132 e. The van der Waals surface area contributed by atoms with Gasteiger partial charge in [-0.25, -0.2) is 4.98 Å². The number of pyridine rings is 1. The van der Waals surface area contributed by atoms with Crippen LogP contribution in [-0.2, 0) is 0 Å². The van der Waals surface area contributed by atoms with E-state index in [0.29, 0.717) is 10.9 Å². The van der Waals surface area contributed by atoms with E-state index in [2.05, 4.69) is 4.98 Å². The third-order valence-electron chi connectivity index (χ3n) is 1.99. The zero-order valence-electron chi connectivity index (χ0n) is 8.68. The van der Waals surface area contributed by atoms with Crippen LogP contribution in [-0.4, -0.2) is 11.2 Å². The third kappa shape index (κ3) is 2.90. The van der Waals surface area contributed by atoms with Gasteiger partial charge in [0.1, 0.15) is 16.7 Å². The largest absolute Gasteiger partial charge is 0.457 e. The van der Waals surface area contributed by atoms with Gasteiger partial charge in [0.05, 0.1) is 0 Å². The molecule has 2 nitrogen and oxygen atoms in total. The Labute approximate surface area is 104 Å². The first kappa shape index (κ1) is 11.3. The van der Waals surface area contributed by atoms with E-state index in [1.54, 1.807) is 30.1 Å². The highest BCUT2D eigenvalue weighted by Gasteiger charge is 1.98. The number of nitrogens with zero attached hydrogens (tertiary/aromatic N) is 1. The third-order valence-corrected chi connectivity index (χ3v) is 2.94. The summed E-state index contributed by atoms with van der Waals surface area (Å²) >= 11 is 7.46. The van der Waals surface area contributed by atoms with Crippen molar-refractivity contribution in [1.29, 1.82) is 0 Å². The minimum atomic E-state index is 0.429. The number of aromatic nitrogens is 1. The summed E-state index contributed by atoms with van der Waals surface area (Å²) in [6, 6.07) is 11.4. The van der Waals surface area contributed by atoms with Gasteiger partial charge in [-0.15, -0.1) is 11.8 Å². The topological polar surface area (TPSA) is 22.1 Å². The molecule has 0 spiro atoms. The van der Waals surface area contributed by atoms with Crippen LogP contribution in [0, 0.1) is 0 Å². The van der Waals surface area contributed by atoms with Crippen LogP contribution in [0.1, 0.15) is 0 Å². The van der Waals surface area contributed by atoms with Gasteiger partial charge in [0, 0.05) is 17.2 Å². The fourth-order valence-corrected chi connectivity index (χ4v) is 1.80. The van der Waals surface area contributed by atoms with Gasteiger partial charge in [-0.2, -0.15) is 0 Å². The second-order valence-electron chi connectivity index (χ2n) is 3.09. The lowest BCUT2D eigenvalue weighted by atomic mass is 10.3. The van der Waals surface area contributed by atoms with Crippen LogP contribution in [0.25, 0.3) is 0 Å². The molecule has 16 heavy (non-hydrogen) atoms. The maximum atomic E-state index is 5.76. The summed E-state index contributed by atoms with van der Waals surface area (Å²) in [7, 11) is 0. The lowest BCUT2D eigenvalue weighted by Crippen LogP contribution is -1.84. The molecular weight excluding hydrogens is 242 g/mol. The van der Waals surface area contributed by atoms with Crippen LogP contribution < -0.4 is 4.74 Å². The second-order valence-corrected chi connectivity index (χ2v) is 4.36. The van der Waals surface area contributed by atoms with E-state index < -0.39 is 0 Å². The molecular formula is C12H10ClNOS. The molecule has 0 fully saturated rings. The van der Waals surface area contributed by atoms with Crippen molar-refractivity contribution in [3.63, 3.8) is 0 Å². The van der Waals surface area contributed by atoms with Crippen molar-refractivity contribution >= 4 is 23.4 Å². The minimum Gasteiger partial charge on any atom is -0.457 e. The number of ether oxygens (including phenoxy) is 1.